The van der Waals surface area contributed by atoms with Crippen molar-refractivity contribution in [2.75, 3.05) is 20.8 Å². The third kappa shape index (κ3) is 6.98. The summed E-state index contributed by atoms with van der Waals surface area (Å²) in [5.41, 5.74) is 3.35. The van der Waals surface area contributed by atoms with E-state index in [9.17, 15) is 9.59 Å². The second-order valence-electron chi connectivity index (χ2n) is 6.56. The lowest BCUT2D eigenvalue weighted by Gasteiger charge is -2.10. The van der Waals surface area contributed by atoms with Crippen LogP contribution in [-0.2, 0) is 4.79 Å². The van der Waals surface area contributed by atoms with E-state index < -0.39 is 11.9 Å². The van der Waals surface area contributed by atoms with E-state index in [0.717, 1.165) is 0 Å². The van der Waals surface area contributed by atoms with E-state index in [1.54, 1.807) is 73.8 Å². The van der Waals surface area contributed by atoms with Gasteiger partial charge in [0.2, 0.25) is 0 Å². The standard InChI is InChI=1S/C24H21ClN2O6/c1-30-19-8-10-20(11-9-19)32-15-23(28)27-26-14-16-3-12-21(22(13-16)31-2)33-24(29)17-4-6-18(25)7-5-17/h3-14H,15H2,1-2H3,(H,27,28)/b26-14-. The van der Waals surface area contributed by atoms with Crippen molar-refractivity contribution in [1.29, 1.82) is 0 Å². The summed E-state index contributed by atoms with van der Waals surface area (Å²) in [6, 6.07) is 18.1. The van der Waals surface area contributed by atoms with E-state index in [-0.39, 0.29) is 12.4 Å². The lowest BCUT2D eigenvalue weighted by atomic mass is 10.2. The van der Waals surface area contributed by atoms with Gasteiger partial charge in [0.05, 0.1) is 26.0 Å². The molecule has 0 saturated heterocycles. The maximum atomic E-state index is 12.3. The Morgan fingerprint density at radius 1 is 0.909 bits per heavy atom. The van der Waals surface area contributed by atoms with E-state index in [2.05, 4.69) is 10.5 Å². The summed E-state index contributed by atoms with van der Waals surface area (Å²) in [5.74, 6) is 0.820. The summed E-state index contributed by atoms with van der Waals surface area (Å²) in [5, 5.41) is 4.42. The molecule has 1 N–H and O–H groups in total. The first-order chi connectivity index (χ1) is 16.0. The largest absolute Gasteiger partial charge is 0.497 e. The fraction of sp³-hybridized carbons (Fsp3) is 0.125. The average Bonchev–Trinajstić information content (AvgIpc) is 2.84. The van der Waals surface area contributed by atoms with Crippen LogP contribution >= 0.6 is 11.6 Å². The average molecular weight is 469 g/mol. The number of hydrogen-bond donors (Lipinski definition) is 1. The Balaban J connectivity index is 1.54. The van der Waals surface area contributed by atoms with Crippen LogP contribution in [0.4, 0.5) is 0 Å². The lowest BCUT2D eigenvalue weighted by molar-refractivity contribution is -0.123. The van der Waals surface area contributed by atoms with Gasteiger partial charge in [-0.05, 0) is 72.3 Å². The molecule has 9 heteroatoms. The predicted octanol–water partition coefficient (Wildman–Crippen LogP) is 4.11. The zero-order valence-corrected chi connectivity index (χ0v) is 18.7. The van der Waals surface area contributed by atoms with Crippen LogP contribution in [-0.4, -0.2) is 38.9 Å². The lowest BCUT2D eigenvalue weighted by Crippen LogP contribution is -2.24. The SMILES string of the molecule is COc1ccc(OCC(=O)N/N=C\c2ccc(OC(=O)c3ccc(Cl)cc3)c(OC)c2)cc1. The van der Waals surface area contributed by atoms with Crippen LogP contribution in [0, 0.1) is 0 Å². The van der Waals surface area contributed by atoms with Crippen molar-refractivity contribution in [3.63, 3.8) is 0 Å². The molecule has 0 spiro atoms. The molecule has 33 heavy (non-hydrogen) atoms. The van der Waals surface area contributed by atoms with Crippen LogP contribution in [0.1, 0.15) is 15.9 Å². The Bertz CT molecular complexity index is 1130. The van der Waals surface area contributed by atoms with Gasteiger partial charge in [0.1, 0.15) is 11.5 Å². The second kappa shape index (κ2) is 11.5. The number of hydrogen-bond acceptors (Lipinski definition) is 7. The zero-order valence-electron chi connectivity index (χ0n) is 17.9. The number of rotatable bonds is 9. The molecule has 0 bridgehead atoms. The first-order valence-corrected chi connectivity index (χ1v) is 10.1. The van der Waals surface area contributed by atoms with Crippen molar-refractivity contribution in [3.8, 4) is 23.0 Å². The van der Waals surface area contributed by atoms with Gasteiger partial charge in [-0.25, -0.2) is 10.2 Å². The van der Waals surface area contributed by atoms with Crippen molar-refractivity contribution < 1.29 is 28.5 Å². The number of nitrogens with one attached hydrogen (secondary N) is 1. The van der Waals surface area contributed by atoms with Crippen LogP contribution in [0.25, 0.3) is 0 Å². The first-order valence-electron chi connectivity index (χ1n) is 9.73. The van der Waals surface area contributed by atoms with E-state index >= 15 is 0 Å². The highest BCUT2D eigenvalue weighted by Crippen LogP contribution is 2.28. The molecule has 0 fully saturated rings. The molecule has 0 aliphatic rings. The van der Waals surface area contributed by atoms with Crippen LogP contribution < -0.4 is 24.4 Å². The zero-order chi connectivity index (χ0) is 23.6. The second-order valence-corrected chi connectivity index (χ2v) is 7.00. The highest BCUT2D eigenvalue weighted by molar-refractivity contribution is 6.30. The van der Waals surface area contributed by atoms with Gasteiger partial charge in [-0.2, -0.15) is 5.10 Å². The van der Waals surface area contributed by atoms with E-state index in [4.69, 9.17) is 30.5 Å². The summed E-state index contributed by atoms with van der Waals surface area (Å²) in [6.45, 7) is -0.202. The highest BCUT2D eigenvalue weighted by atomic mass is 35.5. The molecule has 3 rings (SSSR count). The number of benzene rings is 3. The third-order valence-electron chi connectivity index (χ3n) is 4.30. The van der Waals surface area contributed by atoms with Gasteiger partial charge in [-0.15, -0.1) is 0 Å². The normalized spacial score (nSPS) is 10.5. The molecule has 0 saturated carbocycles. The molecular formula is C24H21ClN2O6. The number of ether oxygens (including phenoxy) is 4. The minimum absolute atomic E-state index is 0.202. The summed E-state index contributed by atoms with van der Waals surface area (Å²) in [6.07, 6.45) is 1.43. The summed E-state index contributed by atoms with van der Waals surface area (Å²) in [7, 11) is 3.02. The fourth-order valence-corrected chi connectivity index (χ4v) is 2.75. The van der Waals surface area contributed by atoms with Crippen molar-refractivity contribution in [2.24, 2.45) is 5.10 Å². The smallest absolute Gasteiger partial charge is 0.343 e. The molecule has 0 atom stereocenters. The minimum Gasteiger partial charge on any atom is -0.497 e. The van der Waals surface area contributed by atoms with Crippen LogP contribution in [0.5, 0.6) is 23.0 Å². The number of esters is 1. The first kappa shape index (κ1) is 23.6. The molecule has 1 amide bonds. The molecule has 3 aromatic carbocycles. The van der Waals surface area contributed by atoms with Crippen LogP contribution in [0.15, 0.2) is 71.8 Å². The molecule has 0 unspecified atom stereocenters. The molecule has 0 heterocycles. The molecule has 0 aliphatic heterocycles. The Hall–Kier alpha value is -4.04. The molecule has 0 aliphatic carbocycles. The quantitative estimate of drug-likeness (QED) is 0.220. The fourth-order valence-electron chi connectivity index (χ4n) is 2.63. The van der Waals surface area contributed by atoms with Crippen molar-refractivity contribution in [1.82, 2.24) is 5.43 Å². The van der Waals surface area contributed by atoms with Gasteiger partial charge in [0.25, 0.3) is 5.91 Å². The van der Waals surface area contributed by atoms with Gasteiger partial charge in [-0.3, -0.25) is 4.79 Å². The van der Waals surface area contributed by atoms with Gasteiger partial charge in [0, 0.05) is 5.02 Å². The topological polar surface area (TPSA) is 95.5 Å². The number of methoxy groups -OCH3 is 2. The molecule has 0 radical (unpaired) electrons. The molecular weight excluding hydrogens is 448 g/mol. The van der Waals surface area contributed by atoms with E-state index in [0.29, 0.717) is 33.4 Å². The number of nitrogens with zero attached hydrogens (tertiary/aromatic N) is 1. The molecule has 8 nitrogen and oxygen atoms in total. The molecule has 170 valence electrons. The van der Waals surface area contributed by atoms with E-state index in [1.165, 1.54) is 13.3 Å². The molecule has 3 aromatic rings. The Kier molecular flexibility index (Phi) is 8.26. The number of carbonyl (C=O) groups excluding carboxylic acids is 2. The number of halogens is 1. The third-order valence-corrected chi connectivity index (χ3v) is 4.55. The molecule has 0 aromatic heterocycles. The predicted molar refractivity (Wildman–Crippen MR) is 124 cm³/mol. The monoisotopic (exact) mass is 468 g/mol. The number of amides is 1. The van der Waals surface area contributed by atoms with Gasteiger partial charge in [-0.1, -0.05) is 11.6 Å². The summed E-state index contributed by atoms with van der Waals surface area (Å²) >= 11 is 5.84. The van der Waals surface area contributed by atoms with Crippen LogP contribution in [0.3, 0.4) is 0 Å². The maximum Gasteiger partial charge on any atom is 0.343 e. The highest BCUT2D eigenvalue weighted by Gasteiger charge is 2.13. The Labute approximate surface area is 195 Å². The number of carbonyl (C=O) groups is 2. The summed E-state index contributed by atoms with van der Waals surface area (Å²) < 4.78 is 21.1. The van der Waals surface area contributed by atoms with Crippen molar-refractivity contribution in [2.45, 2.75) is 0 Å². The summed E-state index contributed by atoms with van der Waals surface area (Å²) in [4.78, 5) is 24.2. The maximum absolute atomic E-state index is 12.3. The number of hydrazone groups is 1. The minimum atomic E-state index is -0.546. The van der Waals surface area contributed by atoms with Gasteiger partial charge in [0.15, 0.2) is 18.1 Å². The Morgan fingerprint density at radius 2 is 1.61 bits per heavy atom. The van der Waals surface area contributed by atoms with E-state index in [1.807, 2.05) is 0 Å². The van der Waals surface area contributed by atoms with Gasteiger partial charge >= 0.3 is 5.97 Å². The van der Waals surface area contributed by atoms with Crippen LogP contribution in [0.2, 0.25) is 5.02 Å². The van der Waals surface area contributed by atoms with Crippen molar-refractivity contribution >= 4 is 29.7 Å². The van der Waals surface area contributed by atoms with Gasteiger partial charge < -0.3 is 18.9 Å². The Morgan fingerprint density at radius 3 is 2.27 bits per heavy atom. The van der Waals surface area contributed by atoms with Crippen molar-refractivity contribution in [3.05, 3.63) is 82.9 Å².